The van der Waals surface area contributed by atoms with Crippen molar-refractivity contribution in [3.8, 4) is 11.5 Å². The van der Waals surface area contributed by atoms with Gasteiger partial charge < -0.3 is 20.1 Å². The smallest absolute Gasteiger partial charge is 0.242 e. The first kappa shape index (κ1) is 16.1. The molecule has 120 valence electrons. The summed E-state index contributed by atoms with van der Waals surface area (Å²) in [6, 6.07) is 5.19. The van der Waals surface area contributed by atoms with Crippen LogP contribution < -0.4 is 20.1 Å². The summed E-state index contributed by atoms with van der Waals surface area (Å²) in [4.78, 5) is 23.6. The monoisotopic (exact) mass is 306 g/mol. The number of rotatable bonds is 6. The Hall–Kier alpha value is -2.24. The van der Waals surface area contributed by atoms with Gasteiger partial charge >= 0.3 is 0 Å². The fourth-order valence-electron chi connectivity index (χ4n) is 2.47. The molecule has 6 nitrogen and oxygen atoms in total. The van der Waals surface area contributed by atoms with Crippen molar-refractivity contribution in [2.24, 2.45) is 0 Å². The van der Waals surface area contributed by atoms with Gasteiger partial charge in [0.2, 0.25) is 11.8 Å². The standard InChI is InChI=1S/C16H22N2O4/c1-21-13-7-5-11(10-14(13)22-2)6-8-15(19)18-12-4-3-9-17-16(12)20/h5,7,10,12H,3-4,6,8-9H2,1-2H3,(H,17,20)(H,18,19)/t12-/m0/s1. The number of benzene rings is 1. The van der Waals surface area contributed by atoms with Gasteiger partial charge in [-0.1, -0.05) is 6.07 Å². The van der Waals surface area contributed by atoms with E-state index in [-0.39, 0.29) is 11.8 Å². The Balaban J connectivity index is 1.86. The van der Waals surface area contributed by atoms with Crippen LogP contribution in [0.3, 0.4) is 0 Å². The first-order chi connectivity index (χ1) is 10.6. The third kappa shape index (κ3) is 4.13. The Kier molecular flexibility index (Phi) is 5.63. The molecule has 22 heavy (non-hydrogen) atoms. The second-order valence-corrected chi connectivity index (χ2v) is 5.24. The number of piperidine rings is 1. The molecule has 0 saturated carbocycles. The number of aryl methyl sites for hydroxylation is 1. The van der Waals surface area contributed by atoms with Crippen LogP contribution in [0.25, 0.3) is 0 Å². The lowest BCUT2D eigenvalue weighted by Crippen LogP contribution is -2.50. The molecule has 1 aliphatic rings. The first-order valence-electron chi connectivity index (χ1n) is 7.42. The van der Waals surface area contributed by atoms with E-state index in [0.29, 0.717) is 37.3 Å². The summed E-state index contributed by atoms with van der Waals surface area (Å²) < 4.78 is 10.4. The molecule has 6 heteroatoms. The van der Waals surface area contributed by atoms with Gasteiger partial charge in [-0.2, -0.15) is 0 Å². The van der Waals surface area contributed by atoms with E-state index in [1.54, 1.807) is 14.2 Å². The molecule has 1 aromatic rings. The van der Waals surface area contributed by atoms with Crippen molar-refractivity contribution >= 4 is 11.8 Å². The summed E-state index contributed by atoms with van der Waals surface area (Å²) in [7, 11) is 3.16. The highest BCUT2D eigenvalue weighted by atomic mass is 16.5. The number of carbonyl (C=O) groups is 2. The number of ether oxygens (including phenoxy) is 2. The maximum Gasteiger partial charge on any atom is 0.242 e. The van der Waals surface area contributed by atoms with Gasteiger partial charge in [0.25, 0.3) is 0 Å². The number of carbonyl (C=O) groups excluding carboxylic acids is 2. The Morgan fingerprint density at radius 3 is 2.77 bits per heavy atom. The minimum atomic E-state index is -0.397. The van der Waals surface area contributed by atoms with Gasteiger partial charge in [0.05, 0.1) is 14.2 Å². The van der Waals surface area contributed by atoms with Crippen LogP contribution in [0.1, 0.15) is 24.8 Å². The summed E-state index contributed by atoms with van der Waals surface area (Å²) in [5.41, 5.74) is 0.987. The zero-order valence-electron chi connectivity index (χ0n) is 13.0. The quantitative estimate of drug-likeness (QED) is 0.823. The Morgan fingerprint density at radius 2 is 2.09 bits per heavy atom. The number of hydrogen-bond donors (Lipinski definition) is 2. The van der Waals surface area contributed by atoms with Crippen LogP contribution in [0.4, 0.5) is 0 Å². The van der Waals surface area contributed by atoms with Crippen molar-refractivity contribution < 1.29 is 19.1 Å². The minimum Gasteiger partial charge on any atom is -0.493 e. The minimum absolute atomic E-state index is 0.0919. The predicted octanol–water partition coefficient (Wildman–Crippen LogP) is 1.03. The highest BCUT2D eigenvalue weighted by molar-refractivity contribution is 5.88. The molecule has 0 radical (unpaired) electrons. The lowest BCUT2D eigenvalue weighted by Gasteiger charge is -2.22. The van der Waals surface area contributed by atoms with Crippen LogP contribution in [0, 0.1) is 0 Å². The molecule has 0 unspecified atom stereocenters. The first-order valence-corrected chi connectivity index (χ1v) is 7.42. The van der Waals surface area contributed by atoms with Crippen molar-refractivity contribution in [1.29, 1.82) is 0 Å². The molecule has 2 amide bonds. The van der Waals surface area contributed by atoms with E-state index in [4.69, 9.17) is 9.47 Å². The molecule has 1 aliphatic heterocycles. The summed E-state index contributed by atoms with van der Waals surface area (Å²) in [6.45, 7) is 0.691. The second kappa shape index (κ2) is 7.68. The van der Waals surface area contributed by atoms with E-state index >= 15 is 0 Å². The zero-order chi connectivity index (χ0) is 15.9. The Labute approximate surface area is 130 Å². The number of amides is 2. The normalized spacial score (nSPS) is 17.5. The highest BCUT2D eigenvalue weighted by Crippen LogP contribution is 2.27. The van der Waals surface area contributed by atoms with Gasteiger partial charge in [0.15, 0.2) is 11.5 Å². The van der Waals surface area contributed by atoms with Crippen molar-refractivity contribution in [3.63, 3.8) is 0 Å². The topological polar surface area (TPSA) is 76.7 Å². The van der Waals surface area contributed by atoms with Crippen LogP contribution in [0.15, 0.2) is 18.2 Å². The van der Waals surface area contributed by atoms with Gasteiger partial charge in [0.1, 0.15) is 6.04 Å². The predicted molar refractivity (Wildman–Crippen MR) is 82.0 cm³/mol. The van der Waals surface area contributed by atoms with Crippen LogP contribution in [-0.4, -0.2) is 38.6 Å². The molecule has 1 saturated heterocycles. The Morgan fingerprint density at radius 1 is 1.32 bits per heavy atom. The summed E-state index contributed by atoms with van der Waals surface area (Å²) in [6.07, 6.45) is 2.51. The third-order valence-electron chi connectivity index (χ3n) is 3.71. The highest BCUT2D eigenvalue weighted by Gasteiger charge is 2.23. The molecular weight excluding hydrogens is 284 g/mol. The van der Waals surface area contributed by atoms with Crippen LogP contribution in [0.5, 0.6) is 11.5 Å². The van der Waals surface area contributed by atoms with Crippen LogP contribution in [0.2, 0.25) is 0 Å². The second-order valence-electron chi connectivity index (χ2n) is 5.24. The molecule has 2 rings (SSSR count). The molecule has 2 N–H and O–H groups in total. The van der Waals surface area contributed by atoms with Crippen molar-refractivity contribution in [3.05, 3.63) is 23.8 Å². The lowest BCUT2D eigenvalue weighted by atomic mass is 10.1. The van der Waals surface area contributed by atoms with E-state index in [2.05, 4.69) is 10.6 Å². The van der Waals surface area contributed by atoms with E-state index in [0.717, 1.165) is 12.0 Å². The SMILES string of the molecule is COc1ccc(CCC(=O)N[C@H]2CCCNC2=O)cc1OC. The number of methoxy groups -OCH3 is 2. The van der Waals surface area contributed by atoms with Gasteiger partial charge in [-0.3, -0.25) is 9.59 Å². The molecule has 0 spiro atoms. The fourth-order valence-corrected chi connectivity index (χ4v) is 2.47. The molecule has 0 bridgehead atoms. The number of nitrogens with one attached hydrogen (secondary N) is 2. The largest absolute Gasteiger partial charge is 0.493 e. The van der Waals surface area contributed by atoms with Gasteiger partial charge in [-0.05, 0) is 37.0 Å². The van der Waals surface area contributed by atoms with Gasteiger partial charge in [-0.15, -0.1) is 0 Å². The number of hydrogen-bond acceptors (Lipinski definition) is 4. The van der Waals surface area contributed by atoms with Gasteiger partial charge in [-0.25, -0.2) is 0 Å². The van der Waals surface area contributed by atoms with Crippen molar-refractivity contribution in [2.75, 3.05) is 20.8 Å². The van der Waals surface area contributed by atoms with E-state index in [1.807, 2.05) is 18.2 Å². The summed E-state index contributed by atoms with van der Waals surface area (Å²) in [5.74, 6) is 1.10. The van der Waals surface area contributed by atoms with Crippen molar-refractivity contribution in [1.82, 2.24) is 10.6 Å². The maximum absolute atomic E-state index is 12.0. The average Bonchev–Trinajstić information content (AvgIpc) is 2.54. The average molecular weight is 306 g/mol. The fraction of sp³-hybridized carbons (Fsp3) is 0.500. The Bertz CT molecular complexity index is 545. The molecule has 0 aliphatic carbocycles. The van der Waals surface area contributed by atoms with E-state index in [1.165, 1.54) is 0 Å². The molecule has 1 fully saturated rings. The van der Waals surface area contributed by atoms with Crippen LogP contribution >= 0.6 is 0 Å². The summed E-state index contributed by atoms with van der Waals surface area (Å²) >= 11 is 0. The molecule has 1 heterocycles. The summed E-state index contributed by atoms with van der Waals surface area (Å²) in [5, 5.41) is 5.54. The van der Waals surface area contributed by atoms with Crippen molar-refractivity contribution in [2.45, 2.75) is 31.7 Å². The lowest BCUT2D eigenvalue weighted by molar-refractivity contribution is -0.130. The molecule has 0 aromatic heterocycles. The molecule has 1 atom stereocenters. The van der Waals surface area contributed by atoms with E-state index in [9.17, 15) is 9.59 Å². The van der Waals surface area contributed by atoms with Crippen LogP contribution in [-0.2, 0) is 16.0 Å². The van der Waals surface area contributed by atoms with E-state index < -0.39 is 6.04 Å². The van der Waals surface area contributed by atoms with Gasteiger partial charge in [0, 0.05) is 13.0 Å². The molecule has 1 aromatic carbocycles. The molecular formula is C16H22N2O4. The zero-order valence-corrected chi connectivity index (χ0v) is 13.0. The maximum atomic E-state index is 12.0. The third-order valence-corrected chi connectivity index (χ3v) is 3.71.